The van der Waals surface area contributed by atoms with E-state index in [9.17, 15) is 4.79 Å². The molecular formula is C18H25ClN2O2. The number of ether oxygens (including phenoxy) is 1. The lowest BCUT2D eigenvalue weighted by Gasteiger charge is -2.37. The molecule has 1 aromatic rings. The fourth-order valence-electron chi connectivity index (χ4n) is 3.55. The minimum Gasteiger partial charge on any atom is -0.375 e. The van der Waals surface area contributed by atoms with Crippen LogP contribution in [0, 0.1) is 0 Å². The van der Waals surface area contributed by atoms with E-state index in [2.05, 4.69) is 12.2 Å². The molecule has 5 heteroatoms. The van der Waals surface area contributed by atoms with Crippen molar-refractivity contribution in [1.82, 2.24) is 10.2 Å². The number of carbonyl (C=O) groups excluding carboxylic acids is 1. The van der Waals surface area contributed by atoms with Crippen molar-refractivity contribution in [2.45, 2.75) is 50.9 Å². The average Bonchev–Trinajstić information content (AvgIpc) is 2.99. The molecule has 0 spiro atoms. The van der Waals surface area contributed by atoms with Crippen LogP contribution < -0.4 is 5.32 Å². The Bertz CT molecular complexity index is 552. The summed E-state index contributed by atoms with van der Waals surface area (Å²) >= 11 is 6.34. The summed E-state index contributed by atoms with van der Waals surface area (Å²) in [7, 11) is 0. The zero-order valence-electron chi connectivity index (χ0n) is 13.6. The van der Waals surface area contributed by atoms with E-state index < -0.39 is 0 Å². The maximum atomic E-state index is 12.7. The van der Waals surface area contributed by atoms with Crippen LogP contribution in [0.15, 0.2) is 24.3 Å². The maximum absolute atomic E-state index is 12.7. The third-order valence-corrected chi connectivity index (χ3v) is 5.17. The summed E-state index contributed by atoms with van der Waals surface area (Å²) in [6.07, 6.45) is 4.14. The monoisotopic (exact) mass is 336 g/mol. The van der Waals surface area contributed by atoms with Gasteiger partial charge in [-0.15, -0.1) is 0 Å². The molecule has 1 N–H and O–H groups in total. The van der Waals surface area contributed by atoms with Gasteiger partial charge < -0.3 is 15.0 Å². The van der Waals surface area contributed by atoms with Crippen molar-refractivity contribution in [3.8, 4) is 0 Å². The minimum absolute atomic E-state index is 0.0216. The van der Waals surface area contributed by atoms with E-state index in [0.29, 0.717) is 12.5 Å². The van der Waals surface area contributed by atoms with Gasteiger partial charge in [-0.05, 0) is 37.8 Å². The Morgan fingerprint density at radius 3 is 2.96 bits per heavy atom. The van der Waals surface area contributed by atoms with E-state index in [1.54, 1.807) is 0 Å². The van der Waals surface area contributed by atoms with Gasteiger partial charge in [-0.25, -0.2) is 0 Å². The normalized spacial score (nSPS) is 28.1. The number of hydrogen-bond acceptors (Lipinski definition) is 3. The van der Waals surface area contributed by atoms with Gasteiger partial charge in [0.1, 0.15) is 0 Å². The van der Waals surface area contributed by atoms with Gasteiger partial charge in [0.2, 0.25) is 5.91 Å². The summed E-state index contributed by atoms with van der Waals surface area (Å²) in [4.78, 5) is 14.7. The van der Waals surface area contributed by atoms with E-state index in [1.165, 1.54) is 0 Å². The van der Waals surface area contributed by atoms with Crippen LogP contribution in [0.3, 0.4) is 0 Å². The van der Waals surface area contributed by atoms with Gasteiger partial charge in [0.15, 0.2) is 0 Å². The molecule has 2 saturated heterocycles. The Balaban J connectivity index is 1.64. The molecule has 2 heterocycles. The van der Waals surface area contributed by atoms with Crippen molar-refractivity contribution in [3.63, 3.8) is 0 Å². The molecule has 1 aromatic carbocycles. The first-order valence-corrected chi connectivity index (χ1v) is 8.93. The molecule has 2 fully saturated rings. The third-order valence-electron chi connectivity index (χ3n) is 4.83. The standard InChI is InChI=1S/C18H25ClN2O2/c1-13-6-7-14(23-13)8-9-18(22)21-11-10-20-12-17(21)15-4-2-3-5-16(15)19/h2-5,13-14,17,20H,6-12H2,1H3. The van der Waals surface area contributed by atoms with E-state index in [0.717, 1.165) is 49.5 Å². The van der Waals surface area contributed by atoms with Gasteiger partial charge in [-0.2, -0.15) is 0 Å². The van der Waals surface area contributed by atoms with Crippen LogP contribution in [0.25, 0.3) is 0 Å². The van der Waals surface area contributed by atoms with Crippen LogP contribution >= 0.6 is 11.6 Å². The highest BCUT2D eigenvalue weighted by atomic mass is 35.5. The van der Waals surface area contributed by atoms with Gasteiger partial charge in [0.05, 0.1) is 18.2 Å². The summed E-state index contributed by atoms with van der Waals surface area (Å²) in [6, 6.07) is 7.83. The number of nitrogens with zero attached hydrogens (tertiary/aromatic N) is 1. The molecule has 0 saturated carbocycles. The average molecular weight is 337 g/mol. The molecule has 0 radical (unpaired) electrons. The van der Waals surface area contributed by atoms with Crippen LogP contribution in [-0.2, 0) is 9.53 Å². The van der Waals surface area contributed by atoms with Crippen molar-refractivity contribution in [3.05, 3.63) is 34.9 Å². The number of benzene rings is 1. The number of nitrogens with one attached hydrogen (secondary N) is 1. The van der Waals surface area contributed by atoms with Crippen molar-refractivity contribution >= 4 is 17.5 Å². The van der Waals surface area contributed by atoms with Crippen molar-refractivity contribution in [1.29, 1.82) is 0 Å². The van der Waals surface area contributed by atoms with Crippen molar-refractivity contribution < 1.29 is 9.53 Å². The van der Waals surface area contributed by atoms with Crippen LogP contribution in [0.2, 0.25) is 5.02 Å². The molecule has 2 aliphatic heterocycles. The summed E-state index contributed by atoms with van der Waals surface area (Å²) in [6.45, 7) is 4.43. The lowest BCUT2D eigenvalue weighted by Crippen LogP contribution is -2.48. The van der Waals surface area contributed by atoms with Crippen molar-refractivity contribution in [2.75, 3.05) is 19.6 Å². The summed E-state index contributed by atoms with van der Waals surface area (Å²) < 4.78 is 5.83. The Morgan fingerprint density at radius 1 is 1.39 bits per heavy atom. The van der Waals surface area contributed by atoms with E-state index in [-0.39, 0.29) is 18.1 Å². The fourth-order valence-corrected chi connectivity index (χ4v) is 3.81. The smallest absolute Gasteiger partial charge is 0.223 e. The summed E-state index contributed by atoms with van der Waals surface area (Å²) in [5.74, 6) is 0.208. The first kappa shape index (κ1) is 16.7. The van der Waals surface area contributed by atoms with Crippen molar-refractivity contribution in [2.24, 2.45) is 0 Å². The van der Waals surface area contributed by atoms with Gasteiger partial charge in [0, 0.05) is 31.1 Å². The maximum Gasteiger partial charge on any atom is 0.223 e. The minimum atomic E-state index is 0.0216. The second-order valence-electron chi connectivity index (χ2n) is 6.51. The van der Waals surface area contributed by atoms with E-state index in [4.69, 9.17) is 16.3 Å². The molecule has 4 nitrogen and oxygen atoms in total. The second-order valence-corrected chi connectivity index (χ2v) is 6.92. The number of carbonyl (C=O) groups is 1. The number of halogens is 1. The first-order valence-electron chi connectivity index (χ1n) is 8.55. The number of piperazine rings is 1. The van der Waals surface area contributed by atoms with Gasteiger partial charge >= 0.3 is 0 Å². The zero-order valence-corrected chi connectivity index (χ0v) is 14.4. The van der Waals surface area contributed by atoms with E-state index in [1.807, 2.05) is 29.2 Å². The predicted molar refractivity (Wildman–Crippen MR) is 91.6 cm³/mol. The number of rotatable bonds is 4. The Morgan fingerprint density at radius 2 is 2.22 bits per heavy atom. The van der Waals surface area contributed by atoms with Crippen LogP contribution in [-0.4, -0.2) is 42.6 Å². The molecular weight excluding hydrogens is 312 g/mol. The molecule has 0 bridgehead atoms. The first-order chi connectivity index (χ1) is 11.1. The van der Waals surface area contributed by atoms with Gasteiger partial charge in [-0.3, -0.25) is 4.79 Å². The molecule has 3 unspecified atom stereocenters. The van der Waals surface area contributed by atoms with Gasteiger partial charge in [0.25, 0.3) is 0 Å². The third kappa shape index (κ3) is 4.06. The predicted octanol–water partition coefficient (Wildman–Crippen LogP) is 3.16. The SMILES string of the molecule is CC1CCC(CCC(=O)N2CCNCC2c2ccccc2Cl)O1. The molecule has 2 aliphatic rings. The molecule has 126 valence electrons. The lowest BCUT2D eigenvalue weighted by atomic mass is 10.0. The van der Waals surface area contributed by atoms with Crippen LogP contribution in [0.5, 0.6) is 0 Å². The highest BCUT2D eigenvalue weighted by Crippen LogP contribution is 2.30. The Labute approximate surface area is 143 Å². The molecule has 23 heavy (non-hydrogen) atoms. The van der Waals surface area contributed by atoms with Gasteiger partial charge in [-0.1, -0.05) is 29.8 Å². The second kappa shape index (κ2) is 7.65. The highest BCUT2D eigenvalue weighted by Gasteiger charge is 2.30. The Kier molecular flexibility index (Phi) is 5.57. The zero-order chi connectivity index (χ0) is 16.2. The highest BCUT2D eigenvalue weighted by molar-refractivity contribution is 6.31. The topological polar surface area (TPSA) is 41.6 Å². The molecule has 0 aliphatic carbocycles. The van der Waals surface area contributed by atoms with Crippen LogP contribution in [0.1, 0.15) is 44.2 Å². The molecule has 3 atom stereocenters. The summed E-state index contributed by atoms with van der Waals surface area (Å²) in [5.41, 5.74) is 1.03. The molecule has 1 amide bonds. The molecule has 0 aromatic heterocycles. The summed E-state index contributed by atoms with van der Waals surface area (Å²) in [5, 5.41) is 4.10. The number of amides is 1. The fraction of sp³-hybridized carbons (Fsp3) is 0.611. The van der Waals surface area contributed by atoms with Crippen LogP contribution in [0.4, 0.5) is 0 Å². The van der Waals surface area contributed by atoms with E-state index >= 15 is 0 Å². The largest absolute Gasteiger partial charge is 0.375 e. The molecule has 3 rings (SSSR count). The quantitative estimate of drug-likeness (QED) is 0.918. The lowest BCUT2D eigenvalue weighted by molar-refractivity contribution is -0.135. The number of hydrogen-bond donors (Lipinski definition) is 1. The Hall–Kier alpha value is -1.10.